The molecule has 1 aromatic rings. The number of hydrogen-bond acceptors (Lipinski definition) is 5. The normalized spacial score (nSPS) is 10.2. The van der Waals surface area contributed by atoms with E-state index >= 15 is 0 Å². The fraction of sp³-hybridized carbons (Fsp3) is 0.545. The minimum absolute atomic E-state index is 0.150. The van der Waals surface area contributed by atoms with Gasteiger partial charge in [-0.15, -0.1) is 0 Å². The molecule has 16 heavy (non-hydrogen) atoms. The molecule has 0 radical (unpaired) electrons. The van der Waals surface area contributed by atoms with Crippen molar-refractivity contribution in [3.63, 3.8) is 0 Å². The van der Waals surface area contributed by atoms with Crippen molar-refractivity contribution in [3.05, 3.63) is 18.3 Å². The van der Waals surface area contributed by atoms with Crippen molar-refractivity contribution in [1.82, 2.24) is 4.98 Å². The Hall–Kier alpha value is -1.33. The van der Waals surface area contributed by atoms with Gasteiger partial charge in [0.05, 0.1) is 6.61 Å². The molecule has 5 nitrogen and oxygen atoms in total. The molecule has 0 fully saturated rings. The van der Waals surface area contributed by atoms with Crippen molar-refractivity contribution in [2.75, 3.05) is 30.0 Å². The van der Waals surface area contributed by atoms with Gasteiger partial charge in [-0.1, -0.05) is 13.3 Å². The van der Waals surface area contributed by atoms with E-state index in [4.69, 9.17) is 10.9 Å². The molecular weight excluding hydrogens is 204 g/mol. The van der Waals surface area contributed by atoms with Gasteiger partial charge in [0, 0.05) is 31.0 Å². The number of rotatable bonds is 7. The molecule has 0 amide bonds. The van der Waals surface area contributed by atoms with Crippen LogP contribution in [0.15, 0.2) is 18.3 Å². The SMILES string of the molecule is CCCCN(CCO)c1ccnc(NN)c1. The number of nitrogens with one attached hydrogen (secondary N) is 1. The molecule has 1 aromatic heterocycles. The fourth-order valence-electron chi connectivity index (χ4n) is 1.53. The fourth-order valence-corrected chi connectivity index (χ4v) is 1.53. The summed E-state index contributed by atoms with van der Waals surface area (Å²) in [6, 6.07) is 3.80. The van der Waals surface area contributed by atoms with Crippen molar-refractivity contribution >= 4 is 11.5 Å². The van der Waals surface area contributed by atoms with Crippen molar-refractivity contribution in [2.45, 2.75) is 19.8 Å². The molecule has 0 aliphatic rings. The van der Waals surface area contributed by atoms with Crippen LogP contribution in [0.4, 0.5) is 11.5 Å². The molecule has 1 rings (SSSR count). The third kappa shape index (κ3) is 3.67. The topological polar surface area (TPSA) is 74.4 Å². The summed E-state index contributed by atoms with van der Waals surface area (Å²) >= 11 is 0. The maximum Gasteiger partial charge on any atom is 0.141 e. The molecule has 4 N–H and O–H groups in total. The number of hydrogen-bond donors (Lipinski definition) is 3. The van der Waals surface area contributed by atoms with Gasteiger partial charge < -0.3 is 15.4 Å². The van der Waals surface area contributed by atoms with Crippen molar-refractivity contribution in [3.8, 4) is 0 Å². The minimum Gasteiger partial charge on any atom is -0.395 e. The van der Waals surface area contributed by atoms with Crippen LogP contribution in [-0.4, -0.2) is 29.8 Å². The van der Waals surface area contributed by atoms with Crippen molar-refractivity contribution in [1.29, 1.82) is 0 Å². The summed E-state index contributed by atoms with van der Waals surface area (Å²) in [5.74, 6) is 5.95. The highest BCUT2D eigenvalue weighted by Crippen LogP contribution is 2.17. The quantitative estimate of drug-likeness (QED) is 0.475. The van der Waals surface area contributed by atoms with E-state index in [1.165, 1.54) is 0 Å². The summed E-state index contributed by atoms with van der Waals surface area (Å²) in [7, 11) is 0. The number of aromatic nitrogens is 1. The molecule has 0 aromatic carbocycles. The average Bonchev–Trinajstić information content (AvgIpc) is 2.34. The van der Waals surface area contributed by atoms with Crippen LogP contribution >= 0.6 is 0 Å². The predicted molar refractivity (Wildman–Crippen MR) is 66.3 cm³/mol. The molecule has 1 heterocycles. The minimum atomic E-state index is 0.150. The molecule has 0 aliphatic carbocycles. The summed E-state index contributed by atoms with van der Waals surface area (Å²) in [6.45, 7) is 3.87. The first-order valence-electron chi connectivity index (χ1n) is 5.60. The molecule has 0 spiro atoms. The number of nitrogens with zero attached hydrogens (tertiary/aromatic N) is 2. The van der Waals surface area contributed by atoms with Crippen LogP contribution in [0.25, 0.3) is 0 Å². The number of unbranched alkanes of at least 4 members (excludes halogenated alkanes) is 1. The predicted octanol–water partition coefficient (Wildman–Crippen LogP) is 0.966. The van der Waals surface area contributed by atoms with Gasteiger partial charge in [0.15, 0.2) is 0 Å². The average molecular weight is 224 g/mol. The molecule has 0 aliphatic heterocycles. The van der Waals surface area contributed by atoms with Crippen LogP contribution in [0.1, 0.15) is 19.8 Å². The van der Waals surface area contributed by atoms with E-state index in [-0.39, 0.29) is 6.61 Å². The first-order valence-corrected chi connectivity index (χ1v) is 5.60. The van der Waals surface area contributed by atoms with E-state index < -0.39 is 0 Å². The summed E-state index contributed by atoms with van der Waals surface area (Å²) in [5.41, 5.74) is 3.55. The van der Waals surface area contributed by atoms with Crippen LogP contribution in [0.3, 0.4) is 0 Å². The molecule has 90 valence electrons. The number of nitrogen functional groups attached to an aromatic ring is 1. The third-order valence-corrected chi connectivity index (χ3v) is 2.41. The molecular formula is C11H20N4O. The Labute approximate surface area is 96.3 Å². The van der Waals surface area contributed by atoms with Crippen LogP contribution in [-0.2, 0) is 0 Å². The second-order valence-electron chi connectivity index (χ2n) is 3.61. The summed E-state index contributed by atoms with van der Waals surface area (Å²) in [6.07, 6.45) is 3.95. The van der Waals surface area contributed by atoms with E-state index in [0.717, 1.165) is 25.1 Å². The Bertz CT molecular complexity index is 306. The van der Waals surface area contributed by atoms with Gasteiger partial charge in [-0.05, 0) is 12.5 Å². The largest absolute Gasteiger partial charge is 0.395 e. The number of pyridine rings is 1. The van der Waals surface area contributed by atoms with Gasteiger partial charge in [0.1, 0.15) is 5.82 Å². The summed E-state index contributed by atoms with van der Waals surface area (Å²) in [4.78, 5) is 6.19. The Balaban J connectivity index is 2.73. The molecule has 0 saturated heterocycles. The van der Waals surface area contributed by atoms with Gasteiger partial charge in [-0.3, -0.25) is 0 Å². The Morgan fingerprint density at radius 2 is 2.31 bits per heavy atom. The van der Waals surface area contributed by atoms with Crippen LogP contribution in [0, 0.1) is 0 Å². The van der Waals surface area contributed by atoms with Crippen LogP contribution in [0.2, 0.25) is 0 Å². The second kappa shape index (κ2) is 7.03. The Kier molecular flexibility index (Phi) is 5.60. The second-order valence-corrected chi connectivity index (χ2v) is 3.61. The van der Waals surface area contributed by atoms with Crippen LogP contribution in [0.5, 0.6) is 0 Å². The molecule has 0 saturated carbocycles. The van der Waals surface area contributed by atoms with E-state index in [2.05, 4.69) is 22.2 Å². The molecule has 0 bridgehead atoms. The third-order valence-electron chi connectivity index (χ3n) is 2.41. The molecule has 0 unspecified atom stereocenters. The lowest BCUT2D eigenvalue weighted by molar-refractivity contribution is 0.301. The molecule has 5 heteroatoms. The number of hydrazine groups is 1. The maximum absolute atomic E-state index is 9.03. The highest BCUT2D eigenvalue weighted by atomic mass is 16.3. The summed E-state index contributed by atoms with van der Waals surface area (Å²) < 4.78 is 0. The highest BCUT2D eigenvalue weighted by Gasteiger charge is 2.06. The standard InChI is InChI=1S/C11H20N4O/c1-2-3-6-15(7-8-16)10-4-5-13-11(9-10)14-12/h4-5,9,16H,2-3,6-8,12H2,1H3,(H,13,14). The number of aliphatic hydroxyl groups is 1. The maximum atomic E-state index is 9.03. The number of anilines is 2. The zero-order valence-corrected chi connectivity index (χ0v) is 9.69. The van der Waals surface area contributed by atoms with Gasteiger partial charge in [0.25, 0.3) is 0 Å². The van der Waals surface area contributed by atoms with Gasteiger partial charge >= 0.3 is 0 Å². The lowest BCUT2D eigenvalue weighted by atomic mass is 10.2. The van der Waals surface area contributed by atoms with E-state index in [0.29, 0.717) is 12.4 Å². The zero-order chi connectivity index (χ0) is 11.8. The monoisotopic (exact) mass is 224 g/mol. The lowest BCUT2D eigenvalue weighted by Crippen LogP contribution is -2.27. The zero-order valence-electron chi connectivity index (χ0n) is 9.69. The lowest BCUT2D eigenvalue weighted by Gasteiger charge is -2.23. The number of nitrogens with two attached hydrogens (primary N) is 1. The molecule has 0 atom stereocenters. The van der Waals surface area contributed by atoms with E-state index in [1.807, 2.05) is 12.1 Å². The van der Waals surface area contributed by atoms with Crippen molar-refractivity contribution < 1.29 is 5.11 Å². The van der Waals surface area contributed by atoms with Gasteiger partial charge in [0.2, 0.25) is 0 Å². The van der Waals surface area contributed by atoms with E-state index in [9.17, 15) is 0 Å². The Morgan fingerprint density at radius 3 is 2.94 bits per heavy atom. The summed E-state index contributed by atoms with van der Waals surface area (Å²) in [5, 5.41) is 9.03. The van der Waals surface area contributed by atoms with E-state index in [1.54, 1.807) is 6.20 Å². The number of aliphatic hydroxyl groups excluding tert-OH is 1. The van der Waals surface area contributed by atoms with Gasteiger partial charge in [-0.2, -0.15) is 0 Å². The first kappa shape index (κ1) is 12.7. The highest BCUT2D eigenvalue weighted by molar-refractivity contribution is 5.53. The smallest absolute Gasteiger partial charge is 0.141 e. The first-order chi connectivity index (χ1) is 7.81. The van der Waals surface area contributed by atoms with Crippen LogP contribution < -0.4 is 16.2 Å². The van der Waals surface area contributed by atoms with Gasteiger partial charge in [-0.25, -0.2) is 10.8 Å². The Morgan fingerprint density at radius 1 is 1.50 bits per heavy atom. The van der Waals surface area contributed by atoms with Crippen molar-refractivity contribution in [2.24, 2.45) is 5.84 Å².